The predicted octanol–water partition coefficient (Wildman–Crippen LogP) is 4.01. The summed E-state index contributed by atoms with van der Waals surface area (Å²) < 4.78 is 43.0. The topological polar surface area (TPSA) is 54.5 Å². The minimum atomic E-state index is -4.43. The Morgan fingerprint density at radius 1 is 1.19 bits per heavy atom. The summed E-state index contributed by atoms with van der Waals surface area (Å²) in [6.45, 7) is 4.65. The molecule has 3 rings (SSSR count). The Morgan fingerprint density at radius 3 is 2.50 bits per heavy atom. The van der Waals surface area contributed by atoms with Crippen molar-refractivity contribution in [2.75, 3.05) is 18.4 Å². The lowest BCUT2D eigenvalue weighted by Crippen LogP contribution is -2.57. The van der Waals surface area contributed by atoms with Crippen LogP contribution in [-0.4, -0.2) is 35.1 Å². The van der Waals surface area contributed by atoms with Crippen molar-refractivity contribution in [2.45, 2.75) is 26.1 Å². The van der Waals surface area contributed by atoms with Crippen LogP contribution in [0.5, 0.6) is 5.88 Å². The predicted molar refractivity (Wildman–Crippen MR) is 90.2 cm³/mol. The van der Waals surface area contributed by atoms with E-state index in [1.807, 2.05) is 32.0 Å². The zero-order valence-electron chi connectivity index (χ0n) is 14.3. The standard InChI is InChI=1S/C18H18F3N3O2/c1-11-3-5-14(7-12(11)2)23-17(25)24-9-15(10-24)26-16-6-4-13(8-22-16)18(19,20)21/h3-8,15H,9-10H2,1-2H3,(H,23,25). The van der Waals surface area contributed by atoms with Gasteiger partial charge in [-0.05, 0) is 43.2 Å². The normalized spacial score (nSPS) is 14.7. The van der Waals surface area contributed by atoms with Crippen LogP contribution < -0.4 is 10.1 Å². The summed E-state index contributed by atoms with van der Waals surface area (Å²) in [5, 5.41) is 2.81. The van der Waals surface area contributed by atoms with Crippen LogP contribution in [0.2, 0.25) is 0 Å². The molecule has 0 aliphatic carbocycles. The van der Waals surface area contributed by atoms with Crippen LogP contribution in [0.15, 0.2) is 36.5 Å². The molecule has 0 bridgehead atoms. The molecule has 2 heterocycles. The number of halogens is 3. The smallest absolute Gasteiger partial charge is 0.417 e. The zero-order chi connectivity index (χ0) is 18.9. The van der Waals surface area contributed by atoms with Crippen LogP contribution >= 0.6 is 0 Å². The largest absolute Gasteiger partial charge is 0.471 e. The number of urea groups is 1. The highest BCUT2D eigenvalue weighted by Crippen LogP contribution is 2.29. The molecular formula is C18H18F3N3O2. The van der Waals surface area contributed by atoms with Crippen LogP contribution in [0.25, 0.3) is 0 Å². The van der Waals surface area contributed by atoms with E-state index in [9.17, 15) is 18.0 Å². The number of anilines is 1. The van der Waals surface area contributed by atoms with Gasteiger partial charge in [-0.25, -0.2) is 9.78 Å². The number of benzene rings is 1. The van der Waals surface area contributed by atoms with E-state index in [4.69, 9.17) is 4.74 Å². The Bertz CT molecular complexity index is 800. The van der Waals surface area contributed by atoms with Gasteiger partial charge in [0.15, 0.2) is 0 Å². The van der Waals surface area contributed by atoms with Gasteiger partial charge in [0, 0.05) is 18.0 Å². The molecule has 26 heavy (non-hydrogen) atoms. The van der Waals surface area contributed by atoms with Gasteiger partial charge in [0.25, 0.3) is 0 Å². The Hall–Kier alpha value is -2.77. The van der Waals surface area contributed by atoms with Crippen molar-refractivity contribution in [1.82, 2.24) is 9.88 Å². The second-order valence-corrected chi connectivity index (χ2v) is 6.26. The molecule has 2 amide bonds. The van der Waals surface area contributed by atoms with Crippen molar-refractivity contribution in [3.05, 3.63) is 53.2 Å². The molecule has 0 spiro atoms. The van der Waals surface area contributed by atoms with Crippen molar-refractivity contribution in [3.63, 3.8) is 0 Å². The van der Waals surface area contributed by atoms with Crippen molar-refractivity contribution in [3.8, 4) is 5.88 Å². The van der Waals surface area contributed by atoms with Gasteiger partial charge in [-0.3, -0.25) is 0 Å². The highest BCUT2D eigenvalue weighted by Gasteiger charge is 2.34. The van der Waals surface area contributed by atoms with Crippen molar-refractivity contribution in [1.29, 1.82) is 0 Å². The number of alkyl halides is 3. The first-order valence-electron chi connectivity index (χ1n) is 8.05. The minimum absolute atomic E-state index is 0.109. The highest BCUT2D eigenvalue weighted by molar-refractivity contribution is 5.90. The molecule has 0 unspecified atom stereocenters. The van der Waals surface area contributed by atoms with Gasteiger partial charge in [-0.15, -0.1) is 0 Å². The Balaban J connectivity index is 1.49. The number of carbonyl (C=O) groups is 1. The molecule has 1 aliphatic rings. The number of nitrogens with one attached hydrogen (secondary N) is 1. The third kappa shape index (κ3) is 4.07. The van der Waals surface area contributed by atoms with E-state index in [2.05, 4.69) is 10.3 Å². The van der Waals surface area contributed by atoms with Gasteiger partial charge in [-0.1, -0.05) is 6.07 Å². The number of aryl methyl sites for hydroxylation is 2. The third-order valence-electron chi connectivity index (χ3n) is 4.24. The molecule has 1 aromatic carbocycles. The van der Waals surface area contributed by atoms with Crippen LogP contribution in [0.1, 0.15) is 16.7 Å². The average molecular weight is 365 g/mol. The second kappa shape index (κ2) is 6.86. The van der Waals surface area contributed by atoms with E-state index < -0.39 is 11.7 Å². The molecule has 138 valence electrons. The van der Waals surface area contributed by atoms with Crippen LogP contribution in [-0.2, 0) is 6.18 Å². The summed E-state index contributed by atoms with van der Waals surface area (Å²) >= 11 is 0. The molecule has 1 N–H and O–H groups in total. The van der Waals surface area contributed by atoms with E-state index in [1.54, 1.807) is 4.90 Å². The fraction of sp³-hybridized carbons (Fsp3) is 0.333. The summed E-state index contributed by atoms with van der Waals surface area (Å²) in [6.07, 6.45) is -3.98. The van der Waals surface area contributed by atoms with Crippen molar-refractivity contribution < 1.29 is 22.7 Å². The number of hydrogen-bond acceptors (Lipinski definition) is 3. The molecule has 8 heteroatoms. The third-order valence-corrected chi connectivity index (χ3v) is 4.24. The Labute approximate surface area is 148 Å². The molecule has 0 radical (unpaired) electrons. The monoisotopic (exact) mass is 365 g/mol. The van der Waals surface area contributed by atoms with E-state index in [0.29, 0.717) is 18.8 Å². The van der Waals surface area contributed by atoms with Gasteiger partial charge in [0.1, 0.15) is 6.10 Å². The van der Waals surface area contributed by atoms with E-state index in [1.165, 1.54) is 6.07 Å². The number of rotatable bonds is 3. The minimum Gasteiger partial charge on any atom is -0.471 e. The van der Waals surface area contributed by atoms with Crippen LogP contribution in [0.3, 0.4) is 0 Å². The number of nitrogens with zero attached hydrogens (tertiary/aromatic N) is 2. The quantitative estimate of drug-likeness (QED) is 0.894. The van der Waals surface area contributed by atoms with E-state index >= 15 is 0 Å². The zero-order valence-corrected chi connectivity index (χ0v) is 14.3. The average Bonchev–Trinajstić information content (AvgIpc) is 2.53. The number of hydrogen-bond donors (Lipinski definition) is 1. The summed E-state index contributed by atoms with van der Waals surface area (Å²) in [6, 6.07) is 7.52. The molecule has 0 atom stereocenters. The molecule has 1 aromatic heterocycles. The molecule has 1 fully saturated rings. The summed E-state index contributed by atoms with van der Waals surface area (Å²) in [7, 11) is 0. The summed E-state index contributed by atoms with van der Waals surface area (Å²) in [4.78, 5) is 17.4. The molecular weight excluding hydrogens is 347 g/mol. The molecule has 5 nitrogen and oxygen atoms in total. The number of likely N-dealkylation sites (tertiary alicyclic amines) is 1. The molecule has 0 saturated carbocycles. The fourth-order valence-electron chi connectivity index (χ4n) is 2.49. The number of aromatic nitrogens is 1. The van der Waals surface area contributed by atoms with E-state index in [-0.39, 0.29) is 18.0 Å². The number of carbonyl (C=O) groups excluding carboxylic acids is 1. The summed E-state index contributed by atoms with van der Waals surface area (Å²) in [5.41, 5.74) is 2.12. The Morgan fingerprint density at radius 2 is 1.92 bits per heavy atom. The molecule has 1 aliphatic heterocycles. The van der Waals surface area contributed by atoms with Crippen LogP contribution in [0, 0.1) is 13.8 Å². The first-order chi connectivity index (χ1) is 12.2. The number of amides is 2. The fourth-order valence-corrected chi connectivity index (χ4v) is 2.49. The number of pyridine rings is 1. The SMILES string of the molecule is Cc1ccc(NC(=O)N2CC(Oc3ccc(C(F)(F)F)cn3)C2)cc1C. The summed E-state index contributed by atoms with van der Waals surface area (Å²) in [5.74, 6) is 0.109. The maximum absolute atomic E-state index is 12.5. The first-order valence-corrected chi connectivity index (χ1v) is 8.05. The highest BCUT2D eigenvalue weighted by atomic mass is 19.4. The molecule has 1 saturated heterocycles. The van der Waals surface area contributed by atoms with Crippen molar-refractivity contribution >= 4 is 11.7 Å². The van der Waals surface area contributed by atoms with E-state index in [0.717, 1.165) is 23.4 Å². The molecule has 2 aromatic rings. The second-order valence-electron chi connectivity index (χ2n) is 6.26. The van der Waals surface area contributed by atoms with Gasteiger partial charge >= 0.3 is 12.2 Å². The lowest BCUT2D eigenvalue weighted by atomic mass is 10.1. The maximum Gasteiger partial charge on any atom is 0.417 e. The lowest BCUT2D eigenvalue weighted by Gasteiger charge is -2.38. The van der Waals surface area contributed by atoms with Crippen molar-refractivity contribution in [2.24, 2.45) is 0 Å². The van der Waals surface area contributed by atoms with Gasteiger partial charge in [0.05, 0.1) is 18.7 Å². The maximum atomic E-state index is 12.5. The first kappa shape index (κ1) is 18.0. The van der Waals surface area contributed by atoms with Gasteiger partial charge in [-0.2, -0.15) is 13.2 Å². The Kier molecular flexibility index (Phi) is 4.76. The lowest BCUT2D eigenvalue weighted by molar-refractivity contribution is -0.137. The van der Waals surface area contributed by atoms with Crippen LogP contribution in [0.4, 0.5) is 23.7 Å². The van der Waals surface area contributed by atoms with Gasteiger partial charge < -0.3 is 15.0 Å². The number of ether oxygens (including phenoxy) is 1. The van der Waals surface area contributed by atoms with Gasteiger partial charge in [0.2, 0.25) is 5.88 Å².